The molecule has 0 saturated carbocycles. The van der Waals surface area contributed by atoms with Crippen molar-refractivity contribution in [2.24, 2.45) is 5.73 Å². The molecule has 2 heteroatoms. The highest BCUT2D eigenvalue weighted by Gasteiger charge is 2.29. The summed E-state index contributed by atoms with van der Waals surface area (Å²) in [5.41, 5.74) is 12.2. The van der Waals surface area contributed by atoms with Crippen LogP contribution in [0.25, 0.3) is 0 Å². The van der Waals surface area contributed by atoms with E-state index in [1.54, 1.807) is 0 Å². The molecule has 0 saturated heterocycles. The Morgan fingerprint density at radius 3 is 2.90 bits per heavy atom. The predicted octanol–water partition coefficient (Wildman–Crippen LogP) is 3.22. The Balaban J connectivity index is 1.53. The molecule has 1 aliphatic carbocycles. The fraction of sp³-hybridized carbons (Fsp3) is 0.368. The molecule has 2 nitrogen and oxygen atoms in total. The van der Waals surface area contributed by atoms with Crippen molar-refractivity contribution in [3.05, 3.63) is 64.7 Å². The van der Waals surface area contributed by atoms with Gasteiger partial charge in [0.1, 0.15) is 5.75 Å². The molecule has 2 atom stereocenters. The normalized spacial score (nSPS) is 20.7. The Bertz CT molecular complexity index is 664. The number of para-hydroxylation sites is 1. The summed E-state index contributed by atoms with van der Waals surface area (Å²) in [7, 11) is 0. The minimum absolute atomic E-state index is 0.119. The van der Waals surface area contributed by atoms with Crippen molar-refractivity contribution in [3.63, 3.8) is 0 Å². The Hall–Kier alpha value is -1.80. The van der Waals surface area contributed by atoms with Crippen molar-refractivity contribution in [3.8, 4) is 5.75 Å². The first-order chi connectivity index (χ1) is 10.3. The summed E-state index contributed by atoms with van der Waals surface area (Å²) in [6.07, 6.45) is 4.70. The smallest absolute Gasteiger partial charge is 0.122 e. The van der Waals surface area contributed by atoms with Gasteiger partial charge in [-0.1, -0.05) is 36.4 Å². The van der Waals surface area contributed by atoms with Crippen molar-refractivity contribution in [2.75, 3.05) is 6.61 Å². The molecule has 0 aromatic heterocycles. The van der Waals surface area contributed by atoms with Crippen LogP contribution in [0.3, 0.4) is 0 Å². The summed E-state index contributed by atoms with van der Waals surface area (Å²) in [4.78, 5) is 0. The number of hydrogen-bond acceptors (Lipinski definition) is 2. The van der Waals surface area contributed by atoms with E-state index in [-0.39, 0.29) is 6.04 Å². The van der Waals surface area contributed by atoms with Crippen LogP contribution < -0.4 is 10.5 Å². The lowest BCUT2D eigenvalue weighted by molar-refractivity contribution is 0.313. The molecule has 0 bridgehead atoms. The zero-order valence-corrected chi connectivity index (χ0v) is 12.2. The number of benzene rings is 2. The first-order valence-electron chi connectivity index (χ1n) is 7.89. The van der Waals surface area contributed by atoms with Gasteiger partial charge in [0, 0.05) is 17.5 Å². The topological polar surface area (TPSA) is 35.2 Å². The molecule has 0 fully saturated rings. The average Bonchev–Trinajstić information content (AvgIpc) is 3.13. The van der Waals surface area contributed by atoms with Crippen molar-refractivity contribution in [1.82, 2.24) is 0 Å². The van der Waals surface area contributed by atoms with Gasteiger partial charge in [0.15, 0.2) is 0 Å². The molecule has 2 aliphatic rings. The van der Waals surface area contributed by atoms with Crippen LogP contribution in [0.2, 0.25) is 0 Å². The Kier molecular flexibility index (Phi) is 3.19. The van der Waals surface area contributed by atoms with Gasteiger partial charge in [0.05, 0.1) is 6.61 Å². The fourth-order valence-corrected chi connectivity index (χ4v) is 3.71. The molecule has 1 aliphatic heterocycles. The summed E-state index contributed by atoms with van der Waals surface area (Å²) in [6, 6.07) is 15.3. The van der Waals surface area contributed by atoms with Crippen molar-refractivity contribution in [1.29, 1.82) is 0 Å². The number of rotatable bonds is 3. The van der Waals surface area contributed by atoms with Crippen LogP contribution in [0.1, 0.15) is 34.6 Å². The number of aryl methyl sites for hydroxylation is 2. The molecular formula is C19H21NO. The molecule has 0 radical (unpaired) electrons. The fourth-order valence-electron chi connectivity index (χ4n) is 3.71. The lowest BCUT2D eigenvalue weighted by Gasteiger charge is -2.19. The monoisotopic (exact) mass is 279 g/mol. The van der Waals surface area contributed by atoms with Crippen LogP contribution in [0.4, 0.5) is 0 Å². The van der Waals surface area contributed by atoms with Crippen LogP contribution in [-0.2, 0) is 19.3 Å². The molecule has 2 N–H and O–H groups in total. The second-order valence-corrected chi connectivity index (χ2v) is 6.28. The van der Waals surface area contributed by atoms with Crippen LogP contribution in [0, 0.1) is 0 Å². The Labute approximate surface area is 125 Å². The summed E-state index contributed by atoms with van der Waals surface area (Å²) in [6.45, 7) is 0.714. The summed E-state index contributed by atoms with van der Waals surface area (Å²) in [5, 5.41) is 0. The van der Waals surface area contributed by atoms with E-state index < -0.39 is 0 Å². The van der Waals surface area contributed by atoms with Crippen LogP contribution >= 0.6 is 0 Å². The number of ether oxygens (including phenoxy) is 1. The summed E-state index contributed by atoms with van der Waals surface area (Å²) >= 11 is 0. The molecular weight excluding hydrogens is 258 g/mol. The Morgan fingerprint density at radius 2 is 1.95 bits per heavy atom. The van der Waals surface area contributed by atoms with Crippen LogP contribution in [0.5, 0.6) is 5.75 Å². The third-order valence-electron chi connectivity index (χ3n) is 4.89. The zero-order valence-electron chi connectivity index (χ0n) is 12.2. The molecule has 0 amide bonds. The highest BCUT2D eigenvalue weighted by Crippen LogP contribution is 2.36. The highest BCUT2D eigenvalue weighted by molar-refractivity contribution is 5.41. The molecule has 2 aromatic carbocycles. The zero-order chi connectivity index (χ0) is 14.2. The van der Waals surface area contributed by atoms with Crippen LogP contribution in [-0.4, -0.2) is 12.6 Å². The van der Waals surface area contributed by atoms with E-state index >= 15 is 0 Å². The number of hydrogen-bond donors (Lipinski definition) is 1. The third kappa shape index (κ3) is 2.34. The molecule has 4 rings (SSSR count). The SMILES string of the molecule is NC(Cc1ccc2c(c1)CCC2)C1COc2ccccc21. The minimum atomic E-state index is 0.119. The molecule has 2 aromatic rings. The van der Waals surface area contributed by atoms with Gasteiger partial charge in [-0.15, -0.1) is 0 Å². The van der Waals surface area contributed by atoms with Crippen molar-refractivity contribution in [2.45, 2.75) is 37.6 Å². The molecule has 2 unspecified atom stereocenters. The lowest BCUT2D eigenvalue weighted by Crippen LogP contribution is -2.31. The summed E-state index contributed by atoms with van der Waals surface area (Å²) < 4.78 is 5.76. The lowest BCUT2D eigenvalue weighted by atomic mass is 9.89. The number of fused-ring (bicyclic) bond motifs is 2. The minimum Gasteiger partial charge on any atom is -0.493 e. The molecule has 21 heavy (non-hydrogen) atoms. The van der Waals surface area contributed by atoms with Crippen molar-refractivity contribution < 1.29 is 4.74 Å². The van der Waals surface area contributed by atoms with Crippen LogP contribution in [0.15, 0.2) is 42.5 Å². The summed E-state index contributed by atoms with van der Waals surface area (Å²) in [5.74, 6) is 1.32. The van der Waals surface area contributed by atoms with Gasteiger partial charge in [-0.2, -0.15) is 0 Å². The van der Waals surface area contributed by atoms with E-state index in [0.29, 0.717) is 12.5 Å². The Morgan fingerprint density at radius 1 is 1.10 bits per heavy atom. The highest BCUT2D eigenvalue weighted by atomic mass is 16.5. The van der Waals surface area contributed by atoms with E-state index in [4.69, 9.17) is 10.5 Å². The van der Waals surface area contributed by atoms with Gasteiger partial charge >= 0.3 is 0 Å². The van der Waals surface area contributed by atoms with Crippen molar-refractivity contribution >= 4 is 0 Å². The second-order valence-electron chi connectivity index (χ2n) is 6.28. The first-order valence-corrected chi connectivity index (χ1v) is 7.89. The maximum absolute atomic E-state index is 6.49. The predicted molar refractivity (Wildman–Crippen MR) is 84.8 cm³/mol. The van der Waals surface area contributed by atoms with E-state index in [1.807, 2.05) is 12.1 Å². The first kappa shape index (κ1) is 12.9. The average molecular weight is 279 g/mol. The molecule has 1 heterocycles. The van der Waals surface area contributed by atoms with Gasteiger partial charge in [-0.25, -0.2) is 0 Å². The van der Waals surface area contributed by atoms with Gasteiger partial charge in [-0.3, -0.25) is 0 Å². The molecule has 0 spiro atoms. The van der Waals surface area contributed by atoms with E-state index in [2.05, 4.69) is 30.3 Å². The number of nitrogens with two attached hydrogens (primary N) is 1. The van der Waals surface area contributed by atoms with Gasteiger partial charge in [0.25, 0.3) is 0 Å². The second kappa shape index (κ2) is 5.19. The van der Waals surface area contributed by atoms with Gasteiger partial charge < -0.3 is 10.5 Å². The quantitative estimate of drug-likeness (QED) is 0.936. The molecule has 108 valence electrons. The van der Waals surface area contributed by atoms with E-state index in [9.17, 15) is 0 Å². The standard InChI is InChI=1S/C19H21NO/c20-18(17-12-21-19-7-2-1-6-16(17)19)11-13-8-9-14-4-3-5-15(14)10-13/h1-2,6-10,17-18H,3-5,11-12,20H2. The maximum Gasteiger partial charge on any atom is 0.122 e. The third-order valence-corrected chi connectivity index (χ3v) is 4.89. The van der Waals surface area contributed by atoms with Gasteiger partial charge in [0.2, 0.25) is 0 Å². The van der Waals surface area contributed by atoms with E-state index in [1.165, 1.54) is 41.5 Å². The van der Waals surface area contributed by atoms with Gasteiger partial charge in [-0.05, 0) is 48.4 Å². The van der Waals surface area contributed by atoms with E-state index in [0.717, 1.165) is 12.2 Å². The largest absolute Gasteiger partial charge is 0.493 e. The maximum atomic E-state index is 6.49.